The Hall–Kier alpha value is -3.89. The molecule has 1 N–H and O–H groups in total. The van der Waals surface area contributed by atoms with E-state index in [-0.39, 0.29) is 23.3 Å². The molecule has 40 heavy (non-hydrogen) atoms. The van der Waals surface area contributed by atoms with E-state index in [1.807, 2.05) is 24.3 Å². The Balaban J connectivity index is 1.22. The average molecular weight is 564 g/mol. The van der Waals surface area contributed by atoms with Crippen LogP contribution in [-0.4, -0.2) is 57.4 Å². The maximum absolute atomic E-state index is 12.9. The van der Waals surface area contributed by atoms with Gasteiger partial charge < -0.3 is 19.7 Å². The highest BCUT2D eigenvalue weighted by Crippen LogP contribution is 2.35. The molecule has 3 aromatic carbocycles. The molecule has 0 bridgehead atoms. The third-order valence-electron chi connectivity index (χ3n) is 7.11. The normalized spacial score (nSPS) is 15.4. The quantitative estimate of drug-likeness (QED) is 0.365. The van der Waals surface area contributed by atoms with E-state index in [1.165, 1.54) is 34.1 Å². The van der Waals surface area contributed by atoms with Crippen LogP contribution < -0.4 is 19.7 Å². The fraction of sp³-hybridized carbons (Fsp3) is 0.333. The zero-order valence-electron chi connectivity index (χ0n) is 22.5. The van der Waals surface area contributed by atoms with E-state index < -0.39 is 10.0 Å². The lowest BCUT2D eigenvalue weighted by molar-refractivity contribution is -0.121. The molecule has 9 nitrogen and oxygen atoms in total. The summed E-state index contributed by atoms with van der Waals surface area (Å²) in [5.74, 6) is 0.794. The number of nitrogens with one attached hydrogen (secondary N) is 1. The highest BCUT2D eigenvalue weighted by molar-refractivity contribution is 7.89. The first-order valence-corrected chi connectivity index (χ1v) is 15.0. The van der Waals surface area contributed by atoms with E-state index in [0.29, 0.717) is 55.3 Å². The van der Waals surface area contributed by atoms with Gasteiger partial charge in [-0.1, -0.05) is 19.1 Å². The van der Waals surface area contributed by atoms with E-state index in [0.717, 1.165) is 25.0 Å². The van der Waals surface area contributed by atoms with Gasteiger partial charge in [-0.2, -0.15) is 4.31 Å². The van der Waals surface area contributed by atoms with Crippen molar-refractivity contribution in [1.82, 2.24) is 4.31 Å². The third kappa shape index (κ3) is 6.13. The van der Waals surface area contributed by atoms with Crippen LogP contribution in [-0.2, 0) is 21.2 Å². The molecule has 0 aromatic heterocycles. The summed E-state index contributed by atoms with van der Waals surface area (Å²) in [5.41, 5.74) is 2.64. The van der Waals surface area contributed by atoms with Gasteiger partial charge in [0.15, 0.2) is 6.61 Å². The number of carbonyl (C=O) groups is 2. The topological polar surface area (TPSA) is 105 Å². The van der Waals surface area contributed by atoms with Gasteiger partial charge in [-0.15, -0.1) is 0 Å². The lowest BCUT2D eigenvalue weighted by atomic mass is 10.1. The molecule has 2 heterocycles. The highest BCUT2D eigenvalue weighted by Gasteiger charge is 2.28. The van der Waals surface area contributed by atoms with Crippen molar-refractivity contribution >= 4 is 33.2 Å². The molecule has 0 saturated carbocycles. The smallest absolute Gasteiger partial charge is 0.265 e. The first-order valence-electron chi connectivity index (χ1n) is 13.6. The molecule has 2 amide bonds. The van der Waals surface area contributed by atoms with Gasteiger partial charge in [-0.3, -0.25) is 9.59 Å². The fourth-order valence-corrected chi connectivity index (χ4v) is 6.34. The Morgan fingerprint density at radius 3 is 2.42 bits per heavy atom. The summed E-state index contributed by atoms with van der Waals surface area (Å²) in [7, 11) is -3.55. The standard InChI is InChI=1S/C30H33N3O6S/c1-2-22-6-11-25(12-7-22)38-19-5-18-33-27-20-24(10-15-28(27)39-21-29(33)34)31-30(35)23-8-13-26(14-9-23)40(36,37)32-16-3-4-17-32/h6-15,20H,2-5,16-19,21H2,1H3,(H,31,35). The number of hydrogen-bond donors (Lipinski definition) is 1. The second-order valence-corrected chi connectivity index (χ2v) is 11.7. The van der Waals surface area contributed by atoms with Crippen LogP contribution in [0.3, 0.4) is 0 Å². The molecule has 2 aliphatic heterocycles. The number of aryl methyl sites for hydroxylation is 1. The van der Waals surface area contributed by atoms with Gasteiger partial charge in [0.05, 0.1) is 17.2 Å². The minimum atomic E-state index is -3.55. The van der Waals surface area contributed by atoms with Crippen LogP contribution in [0.15, 0.2) is 71.6 Å². The van der Waals surface area contributed by atoms with Crippen molar-refractivity contribution in [2.75, 3.05) is 43.1 Å². The first kappa shape index (κ1) is 27.7. The Labute approximate surface area is 234 Å². The molecule has 0 unspecified atom stereocenters. The molecule has 3 aromatic rings. The Kier molecular flexibility index (Phi) is 8.37. The first-order chi connectivity index (χ1) is 19.3. The van der Waals surface area contributed by atoms with Crippen LogP contribution in [0.4, 0.5) is 11.4 Å². The predicted molar refractivity (Wildman–Crippen MR) is 153 cm³/mol. The van der Waals surface area contributed by atoms with Crippen molar-refractivity contribution in [2.24, 2.45) is 0 Å². The number of sulfonamides is 1. The maximum atomic E-state index is 12.9. The number of anilines is 2. The summed E-state index contributed by atoms with van der Waals surface area (Å²) >= 11 is 0. The monoisotopic (exact) mass is 563 g/mol. The van der Waals surface area contributed by atoms with Crippen molar-refractivity contribution in [3.05, 3.63) is 77.9 Å². The van der Waals surface area contributed by atoms with Gasteiger partial charge in [0.2, 0.25) is 10.0 Å². The van der Waals surface area contributed by atoms with Gasteiger partial charge in [0.1, 0.15) is 11.5 Å². The Morgan fingerprint density at radius 1 is 1.00 bits per heavy atom. The van der Waals surface area contributed by atoms with Crippen molar-refractivity contribution in [3.8, 4) is 11.5 Å². The number of fused-ring (bicyclic) bond motifs is 1. The number of nitrogens with zero attached hydrogens (tertiary/aromatic N) is 2. The third-order valence-corrected chi connectivity index (χ3v) is 9.02. The average Bonchev–Trinajstić information content (AvgIpc) is 3.53. The number of hydrogen-bond acceptors (Lipinski definition) is 6. The van der Waals surface area contributed by atoms with Crippen LogP contribution in [0.2, 0.25) is 0 Å². The molecule has 0 atom stereocenters. The molecule has 0 aliphatic carbocycles. The Morgan fingerprint density at radius 2 is 1.73 bits per heavy atom. The second kappa shape index (κ2) is 12.1. The molecule has 0 radical (unpaired) electrons. The van der Waals surface area contributed by atoms with Crippen molar-refractivity contribution in [2.45, 2.75) is 37.5 Å². The molecule has 10 heteroatoms. The summed E-state index contributed by atoms with van der Waals surface area (Å²) in [6, 6.07) is 19.1. The van der Waals surface area contributed by atoms with E-state index in [2.05, 4.69) is 12.2 Å². The summed E-state index contributed by atoms with van der Waals surface area (Å²) in [4.78, 5) is 27.4. The molecule has 0 spiro atoms. The van der Waals surface area contributed by atoms with Crippen LogP contribution in [0.5, 0.6) is 11.5 Å². The minimum Gasteiger partial charge on any atom is -0.494 e. The molecule has 210 valence electrons. The summed E-state index contributed by atoms with van der Waals surface area (Å²) < 4.78 is 38.4. The minimum absolute atomic E-state index is 0.0509. The predicted octanol–water partition coefficient (Wildman–Crippen LogP) is 4.48. The number of benzene rings is 3. The summed E-state index contributed by atoms with van der Waals surface area (Å²) in [5, 5.41) is 2.84. The van der Waals surface area contributed by atoms with E-state index >= 15 is 0 Å². The van der Waals surface area contributed by atoms with Crippen molar-refractivity contribution in [3.63, 3.8) is 0 Å². The zero-order chi connectivity index (χ0) is 28.1. The highest BCUT2D eigenvalue weighted by atomic mass is 32.2. The lowest BCUT2D eigenvalue weighted by Crippen LogP contribution is -2.39. The van der Waals surface area contributed by atoms with Crippen LogP contribution in [0.1, 0.15) is 42.1 Å². The molecule has 1 saturated heterocycles. The lowest BCUT2D eigenvalue weighted by Gasteiger charge is -2.30. The SMILES string of the molecule is CCc1ccc(OCCCN2C(=O)COc3ccc(NC(=O)c4ccc(S(=O)(=O)N5CCCC5)cc4)cc32)cc1. The van der Waals surface area contributed by atoms with Crippen molar-refractivity contribution < 1.29 is 27.5 Å². The van der Waals surface area contributed by atoms with Gasteiger partial charge in [0, 0.05) is 30.9 Å². The van der Waals surface area contributed by atoms with Gasteiger partial charge in [0.25, 0.3) is 11.8 Å². The molecular formula is C30H33N3O6S. The molecular weight excluding hydrogens is 530 g/mol. The van der Waals surface area contributed by atoms with Gasteiger partial charge >= 0.3 is 0 Å². The number of carbonyl (C=O) groups excluding carboxylic acids is 2. The van der Waals surface area contributed by atoms with E-state index in [9.17, 15) is 18.0 Å². The van der Waals surface area contributed by atoms with Gasteiger partial charge in [-0.05, 0) is 85.8 Å². The Bertz CT molecular complexity index is 1470. The molecule has 2 aliphatic rings. The summed E-state index contributed by atoms with van der Waals surface area (Å²) in [6.45, 7) is 3.98. The van der Waals surface area contributed by atoms with E-state index in [1.54, 1.807) is 23.1 Å². The van der Waals surface area contributed by atoms with Crippen LogP contribution >= 0.6 is 0 Å². The molecule has 5 rings (SSSR count). The van der Waals surface area contributed by atoms with Crippen LogP contribution in [0, 0.1) is 0 Å². The zero-order valence-corrected chi connectivity index (χ0v) is 23.3. The largest absolute Gasteiger partial charge is 0.494 e. The fourth-order valence-electron chi connectivity index (χ4n) is 4.82. The van der Waals surface area contributed by atoms with Gasteiger partial charge in [-0.25, -0.2) is 8.42 Å². The number of ether oxygens (including phenoxy) is 2. The second-order valence-electron chi connectivity index (χ2n) is 9.81. The van der Waals surface area contributed by atoms with E-state index in [4.69, 9.17) is 9.47 Å². The number of rotatable bonds is 10. The summed E-state index contributed by atoms with van der Waals surface area (Å²) in [6.07, 6.45) is 3.30. The van der Waals surface area contributed by atoms with Crippen LogP contribution in [0.25, 0.3) is 0 Å². The maximum Gasteiger partial charge on any atom is 0.265 e. The molecule has 1 fully saturated rings. The number of amides is 2. The van der Waals surface area contributed by atoms with Crippen molar-refractivity contribution in [1.29, 1.82) is 0 Å².